The van der Waals surface area contributed by atoms with Gasteiger partial charge in [-0.2, -0.15) is 0 Å². The van der Waals surface area contributed by atoms with Crippen LogP contribution in [0.4, 0.5) is 0 Å². The van der Waals surface area contributed by atoms with Gasteiger partial charge in [-0.3, -0.25) is 0 Å². The lowest BCUT2D eigenvalue weighted by atomic mass is 10.1. The van der Waals surface area contributed by atoms with Crippen molar-refractivity contribution in [2.45, 2.75) is 24.9 Å². The molecule has 1 fully saturated rings. The van der Waals surface area contributed by atoms with Crippen LogP contribution in [0.3, 0.4) is 0 Å². The third-order valence-electron chi connectivity index (χ3n) is 3.64. The number of rotatable bonds is 4. The van der Waals surface area contributed by atoms with Crippen LogP contribution in [0.15, 0.2) is 53.0 Å². The minimum Gasteiger partial charge on any atom is -0.506 e. The Hall–Kier alpha value is -1.32. The number of phenols is 1. The summed E-state index contributed by atoms with van der Waals surface area (Å²) in [5.41, 5.74) is 2.34. The summed E-state index contributed by atoms with van der Waals surface area (Å²) in [5.74, 6) is 0.961. The molecule has 0 aromatic heterocycles. The Kier molecular flexibility index (Phi) is 3.58. The molecular weight excluding hydrogens is 302 g/mol. The molecule has 3 rings (SSSR count). The largest absolute Gasteiger partial charge is 0.506 e. The Labute approximate surface area is 121 Å². The molecule has 1 aliphatic rings. The standard InChI is InChI=1S/C16H16BrNO/c17-14-8-4-7-12(16(14)19)10-18-15-9-13(15)11-5-2-1-3-6-11/h1-8,13,15,18-19H,9-10H2. The fourth-order valence-electron chi connectivity index (χ4n) is 2.43. The van der Waals surface area contributed by atoms with Crippen LogP contribution in [0.25, 0.3) is 0 Å². The van der Waals surface area contributed by atoms with E-state index in [1.54, 1.807) is 0 Å². The summed E-state index contributed by atoms with van der Waals surface area (Å²) in [6, 6.07) is 16.9. The van der Waals surface area contributed by atoms with Crippen molar-refractivity contribution in [3.63, 3.8) is 0 Å². The molecule has 0 spiro atoms. The van der Waals surface area contributed by atoms with Gasteiger partial charge in [-0.05, 0) is 34.0 Å². The highest BCUT2D eigenvalue weighted by Gasteiger charge is 2.37. The Balaban J connectivity index is 1.59. The van der Waals surface area contributed by atoms with Gasteiger partial charge in [0.25, 0.3) is 0 Å². The lowest BCUT2D eigenvalue weighted by Gasteiger charge is -2.08. The average Bonchev–Trinajstić information content (AvgIpc) is 3.21. The van der Waals surface area contributed by atoms with E-state index in [1.807, 2.05) is 24.3 Å². The van der Waals surface area contributed by atoms with Gasteiger partial charge in [-0.15, -0.1) is 0 Å². The van der Waals surface area contributed by atoms with Crippen LogP contribution < -0.4 is 5.32 Å². The SMILES string of the molecule is Oc1c(Br)cccc1CNC1CC1c1ccccc1. The molecule has 2 aromatic carbocycles. The van der Waals surface area contributed by atoms with Gasteiger partial charge in [0.1, 0.15) is 5.75 Å². The fourth-order valence-corrected chi connectivity index (χ4v) is 2.84. The Morgan fingerprint density at radius 2 is 1.89 bits per heavy atom. The molecule has 98 valence electrons. The Morgan fingerprint density at radius 3 is 2.68 bits per heavy atom. The zero-order chi connectivity index (χ0) is 13.2. The van der Waals surface area contributed by atoms with Crippen molar-refractivity contribution in [3.05, 3.63) is 64.1 Å². The van der Waals surface area contributed by atoms with E-state index in [2.05, 4.69) is 45.5 Å². The van der Waals surface area contributed by atoms with Gasteiger partial charge in [-0.25, -0.2) is 0 Å². The van der Waals surface area contributed by atoms with Crippen LogP contribution in [0.5, 0.6) is 5.75 Å². The Bertz CT molecular complexity index is 570. The summed E-state index contributed by atoms with van der Waals surface area (Å²) in [7, 11) is 0. The van der Waals surface area contributed by atoms with E-state index in [0.29, 0.717) is 24.3 Å². The van der Waals surface area contributed by atoms with E-state index >= 15 is 0 Å². The highest BCUT2D eigenvalue weighted by molar-refractivity contribution is 9.10. The molecule has 2 atom stereocenters. The van der Waals surface area contributed by atoms with Crippen LogP contribution >= 0.6 is 15.9 Å². The maximum Gasteiger partial charge on any atom is 0.134 e. The minimum absolute atomic E-state index is 0.340. The first kappa shape index (κ1) is 12.7. The van der Waals surface area contributed by atoms with Crippen molar-refractivity contribution in [2.24, 2.45) is 0 Å². The van der Waals surface area contributed by atoms with E-state index in [0.717, 1.165) is 10.0 Å². The monoisotopic (exact) mass is 317 g/mol. The van der Waals surface area contributed by atoms with Gasteiger partial charge in [-0.1, -0.05) is 42.5 Å². The van der Waals surface area contributed by atoms with Crippen LogP contribution in [0.2, 0.25) is 0 Å². The maximum absolute atomic E-state index is 9.93. The second-order valence-corrected chi connectivity index (χ2v) is 5.84. The van der Waals surface area contributed by atoms with Gasteiger partial charge in [0, 0.05) is 24.1 Å². The van der Waals surface area contributed by atoms with Gasteiger partial charge < -0.3 is 10.4 Å². The van der Waals surface area contributed by atoms with Crippen LogP contribution in [0.1, 0.15) is 23.5 Å². The molecule has 0 heterocycles. The molecule has 1 saturated carbocycles. The molecule has 2 N–H and O–H groups in total. The van der Waals surface area contributed by atoms with Crippen molar-refractivity contribution in [2.75, 3.05) is 0 Å². The molecule has 19 heavy (non-hydrogen) atoms. The third-order valence-corrected chi connectivity index (χ3v) is 4.28. The maximum atomic E-state index is 9.93. The first-order chi connectivity index (χ1) is 9.25. The molecule has 0 amide bonds. The molecular formula is C16H16BrNO. The third kappa shape index (κ3) is 2.82. The van der Waals surface area contributed by atoms with E-state index in [9.17, 15) is 5.11 Å². The van der Waals surface area contributed by atoms with Crippen molar-refractivity contribution in [3.8, 4) is 5.75 Å². The summed E-state index contributed by atoms with van der Waals surface area (Å²) in [4.78, 5) is 0. The molecule has 0 saturated heterocycles. The van der Waals surface area contributed by atoms with Gasteiger partial charge in [0.2, 0.25) is 0 Å². The summed E-state index contributed by atoms with van der Waals surface area (Å²) in [6.45, 7) is 0.708. The van der Waals surface area contributed by atoms with Crippen LogP contribution in [0, 0.1) is 0 Å². The minimum atomic E-state index is 0.340. The zero-order valence-corrected chi connectivity index (χ0v) is 12.1. The lowest BCUT2D eigenvalue weighted by Crippen LogP contribution is -2.17. The molecule has 3 heteroatoms. The van der Waals surface area contributed by atoms with Crippen LogP contribution in [-0.4, -0.2) is 11.1 Å². The highest BCUT2D eigenvalue weighted by Crippen LogP contribution is 2.41. The highest BCUT2D eigenvalue weighted by atomic mass is 79.9. The smallest absolute Gasteiger partial charge is 0.134 e. The summed E-state index contributed by atoms with van der Waals surface area (Å²) in [5, 5.41) is 13.4. The molecule has 1 aliphatic carbocycles. The second-order valence-electron chi connectivity index (χ2n) is 4.99. The number of hydrogen-bond donors (Lipinski definition) is 2. The first-order valence-corrected chi connectivity index (χ1v) is 7.29. The topological polar surface area (TPSA) is 32.3 Å². The number of para-hydroxylation sites is 1. The van der Waals surface area contributed by atoms with E-state index in [4.69, 9.17) is 0 Å². The number of aromatic hydroxyl groups is 1. The van der Waals surface area contributed by atoms with Crippen molar-refractivity contribution in [1.82, 2.24) is 5.32 Å². The average molecular weight is 318 g/mol. The number of phenolic OH excluding ortho intramolecular Hbond substituents is 1. The first-order valence-electron chi connectivity index (χ1n) is 6.50. The quantitative estimate of drug-likeness (QED) is 0.899. The van der Waals surface area contributed by atoms with Crippen molar-refractivity contribution >= 4 is 15.9 Å². The summed E-state index contributed by atoms with van der Waals surface area (Å²) < 4.78 is 0.752. The molecule has 0 aliphatic heterocycles. The lowest BCUT2D eigenvalue weighted by molar-refractivity contribution is 0.460. The van der Waals surface area contributed by atoms with Crippen molar-refractivity contribution < 1.29 is 5.11 Å². The van der Waals surface area contributed by atoms with E-state index < -0.39 is 0 Å². The molecule has 2 aromatic rings. The van der Waals surface area contributed by atoms with Gasteiger partial charge >= 0.3 is 0 Å². The number of hydrogen-bond acceptors (Lipinski definition) is 2. The number of halogens is 1. The molecule has 2 unspecified atom stereocenters. The van der Waals surface area contributed by atoms with E-state index in [-0.39, 0.29) is 0 Å². The predicted molar refractivity (Wildman–Crippen MR) is 80.2 cm³/mol. The summed E-state index contributed by atoms with van der Waals surface area (Å²) >= 11 is 3.34. The predicted octanol–water partition coefficient (Wildman–Crippen LogP) is 3.80. The van der Waals surface area contributed by atoms with E-state index in [1.165, 1.54) is 12.0 Å². The number of nitrogens with one attached hydrogen (secondary N) is 1. The molecule has 0 radical (unpaired) electrons. The zero-order valence-electron chi connectivity index (χ0n) is 10.5. The number of benzene rings is 2. The summed E-state index contributed by atoms with van der Waals surface area (Å²) in [6.07, 6.45) is 1.18. The van der Waals surface area contributed by atoms with Gasteiger partial charge in [0.15, 0.2) is 0 Å². The fraction of sp³-hybridized carbons (Fsp3) is 0.250. The molecule has 0 bridgehead atoms. The Morgan fingerprint density at radius 1 is 1.11 bits per heavy atom. The molecule has 2 nitrogen and oxygen atoms in total. The normalized spacial score (nSPS) is 21.3. The van der Waals surface area contributed by atoms with Gasteiger partial charge in [0.05, 0.1) is 4.47 Å². The van der Waals surface area contributed by atoms with Crippen LogP contribution in [-0.2, 0) is 6.54 Å². The second kappa shape index (κ2) is 5.35. The van der Waals surface area contributed by atoms with Crippen molar-refractivity contribution in [1.29, 1.82) is 0 Å².